The van der Waals surface area contributed by atoms with Crippen LogP contribution in [-0.4, -0.2) is 81.5 Å². The van der Waals surface area contributed by atoms with E-state index in [0.717, 1.165) is 54.6 Å². The summed E-state index contributed by atoms with van der Waals surface area (Å²) in [6.07, 6.45) is 13.2. The molecular formula is C35H51N5O4. The summed E-state index contributed by atoms with van der Waals surface area (Å²) in [6.45, 7) is 3.68. The van der Waals surface area contributed by atoms with Crippen molar-refractivity contribution in [2.75, 3.05) is 27.2 Å². The molecule has 1 N–H and O–H groups in total. The number of hydrogen-bond acceptors (Lipinski definition) is 7. The maximum atomic E-state index is 14.4. The first-order chi connectivity index (χ1) is 21.3. The average molecular weight is 606 g/mol. The van der Waals surface area contributed by atoms with E-state index in [0.29, 0.717) is 30.4 Å². The monoisotopic (exact) mass is 605 g/mol. The average Bonchev–Trinajstić information content (AvgIpc) is 2.97. The summed E-state index contributed by atoms with van der Waals surface area (Å²) in [7, 11) is 4.00. The number of carboxylic acids is 1. The van der Waals surface area contributed by atoms with Crippen LogP contribution in [-0.2, 0) is 9.63 Å². The Morgan fingerprint density at radius 1 is 0.977 bits per heavy atom. The van der Waals surface area contributed by atoms with Crippen molar-refractivity contribution in [1.82, 2.24) is 19.4 Å². The molecule has 1 aromatic carbocycles. The molecule has 4 fully saturated rings. The number of aliphatic carboxylic acids is 1. The van der Waals surface area contributed by atoms with E-state index in [1.165, 1.54) is 51.4 Å². The molecule has 1 unspecified atom stereocenters. The van der Waals surface area contributed by atoms with Gasteiger partial charge in [-0.2, -0.15) is 0 Å². The van der Waals surface area contributed by atoms with Gasteiger partial charge in [0.15, 0.2) is 5.69 Å². The molecule has 1 aromatic heterocycles. The van der Waals surface area contributed by atoms with Crippen molar-refractivity contribution in [3.63, 3.8) is 0 Å². The first-order valence-electron chi connectivity index (χ1n) is 17.1. The van der Waals surface area contributed by atoms with E-state index < -0.39 is 5.97 Å². The molecule has 0 amide bonds. The Labute approximate surface area is 261 Å². The Hall–Kier alpha value is -2.78. The highest BCUT2D eigenvalue weighted by molar-refractivity contribution is 6.00. The van der Waals surface area contributed by atoms with Crippen LogP contribution in [0.25, 0.3) is 11.0 Å². The van der Waals surface area contributed by atoms with Gasteiger partial charge in [0, 0.05) is 37.1 Å². The normalized spacial score (nSPS) is 30.9. The number of para-hydroxylation sites is 2. The molecule has 240 valence electrons. The standard InChI is InChI=1S/C35H51N5O4/c1-23-16-24-18-25(17-23)20-28(19-24)39-26-8-6-9-27(39)22-29(21-26)40-32-11-5-4-10-30(32)36-34(35(40)43)31(12-13-33(41)42)37-44-15-7-14-38(2)3/h4-5,10-11,23-29H,6-9,12-22H2,1-3H3,(H,41,42)/b37-31+/t23-,24-,25+,26-,27+,28?,29+. The van der Waals surface area contributed by atoms with Gasteiger partial charge in [-0.05, 0) is 108 Å². The maximum absolute atomic E-state index is 14.4. The molecule has 2 aliphatic carbocycles. The molecule has 9 nitrogen and oxygen atoms in total. The lowest BCUT2D eigenvalue weighted by atomic mass is 9.65. The molecular weight excluding hydrogens is 554 g/mol. The van der Waals surface area contributed by atoms with Gasteiger partial charge in [0.05, 0.1) is 17.5 Å². The molecule has 7 atom stereocenters. The summed E-state index contributed by atoms with van der Waals surface area (Å²) in [5.74, 6) is 1.69. The van der Waals surface area contributed by atoms with Gasteiger partial charge < -0.3 is 19.4 Å². The summed E-state index contributed by atoms with van der Waals surface area (Å²) in [6, 6.07) is 9.62. The zero-order valence-electron chi connectivity index (χ0n) is 26.9. The summed E-state index contributed by atoms with van der Waals surface area (Å²) in [5.41, 5.74) is 1.95. The topological polar surface area (TPSA) is 100 Å². The summed E-state index contributed by atoms with van der Waals surface area (Å²) < 4.78 is 1.99. The molecule has 9 heteroatoms. The molecule has 3 heterocycles. The number of carbonyl (C=O) groups is 1. The van der Waals surface area contributed by atoms with E-state index in [-0.39, 0.29) is 30.1 Å². The highest BCUT2D eigenvalue weighted by Crippen LogP contribution is 2.48. The van der Waals surface area contributed by atoms with Gasteiger partial charge in [0.1, 0.15) is 12.3 Å². The lowest BCUT2D eigenvalue weighted by Crippen LogP contribution is -2.59. The summed E-state index contributed by atoms with van der Waals surface area (Å²) in [4.78, 5) is 41.4. The summed E-state index contributed by atoms with van der Waals surface area (Å²) in [5, 5.41) is 13.8. The predicted octanol–water partition coefficient (Wildman–Crippen LogP) is 5.71. The van der Waals surface area contributed by atoms with Crippen LogP contribution >= 0.6 is 0 Å². The van der Waals surface area contributed by atoms with E-state index in [9.17, 15) is 14.7 Å². The van der Waals surface area contributed by atoms with Crippen molar-refractivity contribution < 1.29 is 14.7 Å². The number of hydrogen-bond donors (Lipinski definition) is 1. The number of rotatable bonds is 11. The number of fused-ring (bicyclic) bond motifs is 5. The highest BCUT2D eigenvalue weighted by Gasteiger charge is 2.46. The van der Waals surface area contributed by atoms with E-state index in [1.54, 1.807) is 0 Å². The van der Waals surface area contributed by atoms with E-state index in [1.807, 2.05) is 42.9 Å². The zero-order valence-corrected chi connectivity index (χ0v) is 26.9. The number of aromatic nitrogens is 2. The van der Waals surface area contributed by atoms with Gasteiger partial charge in [0.25, 0.3) is 5.56 Å². The lowest BCUT2D eigenvalue weighted by molar-refractivity contribution is -0.136. The van der Waals surface area contributed by atoms with E-state index in [2.05, 4.69) is 21.9 Å². The number of nitrogens with zero attached hydrogens (tertiary/aromatic N) is 5. The van der Waals surface area contributed by atoms with Crippen LogP contribution in [0.1, 0.15) is 102 Å². The second kappa shape index (κ2) is 13.7. The SMILES string of the molecule is C[C@@H]1C[C@H]2CC(N3[C@@H]4CCC[C@H]3C[C@@H](n3c(=O)c(/C(CCC(=O)O)=N/OCCCN(C)C)nc5ccccc53)C4)C[C@@H](C1)C2. The first kappa shape index (κ1) is 31.2. The Morgan fingerprint density at radius 3 is 2.36 bits per heavy atom. The second-order valence-electron chi connectivity index (χ2n) is 14.5. The Kier molecular flexibility index (Phi) is 9.71. The fourth-order valence-corrected chi connectivity index (χ4v) is 9.29. The highest BCUT2D eigenvalue weighted by atomic mass is 16.6. The van der Waals surface area contributed by atoms with Crippen molar-refractivity contribution >= 4 is 22.7 Å². The zero-order chi connectivity index (χ0) is 30.8. The molecule has 6 rings (SSSR count). The molecule has 4 aliphatic rings. The van der Waals surface area contributed by atoms with E-state index >= 15 is 0 Å². The molecule has 2 saturated carbocycles. The van der Waals surface area contributed by atoms with Gasteiger partial charge in [0.2, 0.25) is 0 Å². The molecule has 0 spiro atoms. The largest absolute Gasteiger partial charge is 0.481 e. The third-order valence-electron chi connectivity index (χ3n) is 10.8. The first-order valence-corrected chi connectivity index (χ1v) is 17.1. The third kappa shape index (κ3) is 6.89. The van der Waals surface area contributed by atoms with Crippen LogP contribution in [0.3, 0.4) is 0 Å². The number of piperidine rings is 2. The Morgan fingerprint density at radius 2 is 1.68 bits per heavy atom. The van der Waals surface area contributed by atoms with Crippen LogP contribution in [0.15, 0.2) is 34.2 Å². The molecule has 2 saturated heterocycles. The molecule has 2 aliphatic heterocycles. The fourth-order valence-electron chi connectivity index (χ4n) is 9.29. The number of carboxylic acid groups (broad SMARTS) is 1. The van der Waals surface area contributed by atoms with Crippen LogP contribution in [0.5, 0.6) is 0 Å². The van der Waals surface area contributed by atoms with Crippen molar-refractivity contribution in [2.24, 2.45) is 22.9 Å². The molecule has 4 bridgehead atoms. The van der Waals surface area contributed by atoms with Crippen molar-refractivity contribution in [1.29, 1.82) is 0 Å². The van der Waals surface area contributed by atoms with Gasteiger partial charge in [-0.1, -0.05) is 30.6 Å². The quantitative estimate of drug-likeness (QED) is 0.199. The van der Waals surface area contributed by atoms with Gasteiger partial charge in [-0.15, -0.1) is 0 Å². The van der Waals surface area contributed by atoms with Crippen molar-refractivity contribution in [3.05, 3.63) is 40.3 Å². The molecule has 2 aromatic rings. The van der Waals surface area contributed by atoms with Gasteiger partial charge in [-0.3, -0.25) is 14.5 Å². The van der Waals surface area contributed by atoms with Crippen molar-refractivity contribution in [2.45, 2.75) is 115 Å². The molecule has 44 heavy (non-hydrogen) atoms. The van der Waals surface area contributed by atoms with Crippen LogP contribution in [0, 0.1) is 17.8 Å². The van der Waals surface area contributed by atoms with Crippen LogP contribution < -0.4 is 5.56 Å². The minimum absolute atomic E-state index is 0.0746. The number of oxime groups is 1. The maximum Gasteiger partial charge on any atom is 0.303 e. The Balaban J connectivity index is 1.30. The Bertz CT molecular complexity index is 1370. The van der Waals surface area contributed by atoms with Crippen molar-refractivity contribution in [3.8, 4) is 0 Å². The second-order valence-corrected chi connectivity index (χ2v) is 14.5. The fraction of sp³-hybridized carbons (Fsp3) is 0.714. The minimum Gasteiger partial charge on any atom is -0.481 e. The number of benzene rings is 1. The van der Waals surface area contributed by atoms with Gasteiger partial charge in [-0.25, -0.2) is 4.98 Å². The summed E-state index contributed by atoms with van der Waals surface area (Å²) >= 11 is 0. The third-order valence-corrected chi connectivity index (χ3v) is 10.8. The van der Waals surface area contributed by atoms with Crippen LogP contribution in [0.4, 0.5) is 0 Å². The molecule has 0 radical (unpaired) electrons. The lowest BCUT2D eigenvalue weighted by Gasteiger charge is -2.55. The predicted molar refractivity (Wildman–Crippen MR) is 173 cm³/mol. The van der Waals surface area contributed by atoms with Crippen LogP contribution in [0.2, 0.25) is 0 Å². The van der Waals surface area contributed by atoms with Gasteiger partial charge >= 0.3 is 5.97 Å². The smallest absolute Gasteiger partial charge is 0.303 e. The van der Waals surface area contributed by atoms with E-state index in [4.69, 9.17) is 9.82 Å². The minimum atomic E-state index is -0.937.